The van der Waals surface area contributed by atoms with Gasteiger partial charge >= 0.3 is 0 Å². The van der Waals surface area contributed by atoms with Crippen molar-refractivity contribution in [1.82, 2.24) is 14.6 Å². The highest BCUT2D eigenvalue weighted by atomic mass is 32.1. The molecule has 0 fully saturated rings. The van der Waals surface area contributed by atoms with Gasteiger partial charge in [-0.25, -0.2) is 4.52 Å². The van der Waals surface area contributed by atoms with Crippen LogP contribution in [0.4, 0.5) is 0 Å². The number of rotatable bonds is 3. The maximum Gasteiger partial charge on any atom is 0.251 e. The summed E-state index contributed by atoms with van der Waals surface area (Å²) < 4.78 is 1.84. The van der Waals surface area contributed by atoms with Crippen LogP contribution in [0.1, 0.15) is 19.5 Å². The van der Waals surface area contributed by atoms with Crippen LogP contribution in [-0.2, 0) is 6.42 Å². The van der Waals surface area contributed by atoms with Crippen molar-refractivity contribution < 1.29 is 0 Å². The monoisotopic (exact) mass is 273 g/mol. The molecule has 0 amide bonds. The van der Waals surface area contributed by atoms with Crippen molar-refractivity contribution in [2.75, 3.05) is 0 Å². The second-order valence-corrected chi connectivity index (χ2v) is 5.97. The Bertz CT molecular complexity index is 753. The van der Waals surface area contributed by atoms with E-state index in [0.29, 0.717) is 5.92 Å². The first-order chi connectivity index (χ1) is 9.13. The van der Waals surface area contributed by atoms with E-state index in [1.165, 1.54) is 0 Å². The molecule has 4 nitrogen and oxygen atoms in total. The number of nitrogens with zero attached hydrogens (tertiary/aromatic N) is 2. The van der Waals surface area contributed by atoms with Gasteiger partial charge in [0.25, 0.3) is 5.56 Å². The van der Waals surface area contributed by atoms with E-state index in [-0.39, 0.29) is 5.56 Å². The topological polar surface area (TPSA) is 50.2 Å². The maximum atomic E-state index is 11.7. The van der Waals surface area contributed by atoms with E-state index in [1.807, 2.05) is 28.1 Å². The van der Waals surface area contributed by atoms with Crippen LogP contribution in [0.15, 0.2) is 34.4 Å². The van der Waals surface area contributed by atoms with Gasteiger partial charge in [0.05, 0.1) is 10.6 Å². The van der Waals surface area contributed by atoms with Crippen molar-refractivity contribution in [2.24, 2.45) is 5.92 Å². The van der Waals surface area contributed by atoms with Crippen molar-refractivity contribution >= 4 is 17.0 Å². The van der Waals surface area contributed by atoms with Gasteiger partial charge in [0, 0.05) is 12.1 Å². The SMILES string of the molecule is CC(C)Cc1cc(=O)[nH]c2cc(-c3cccs3)nn12. The predicted molar refractivity (Wildman–Crippen MR) is 77.7 cm³/mol. The molecule has 0 radical (unpaired) electrons. The molecule has 0 atom stereocenters. The fourth-order valence-corrected chi connectivity index (χ4v) is 2.85. The number of H-pyrrole nitrogens is 1. The molecule has 0 aliphatic heterocycles. The van der Waals surface area contributed by atoms with Crippen molar-refractivity contribution in [3.63, 3.8) is 0 Å². The Morgan fingerprint density at radius 1 is 1.42 bits per heavy atom. The second kappa shape index (κ2) is 4.66. The summed E-state index contributed by atoms with van der Waals surface area (Å²) in [6, 6.07) is 7.60. The van der Waals surface area contributed by atoms with Crippen LogP contribution >= 0.6 is 11.3 Å². The Balaban J connectivity index is 2.19. The zero-order chi connectivity index (χ0) is 13.4. The Morgan fingerprint density at radius 3 is 2.95 bits per heavy atom. The van der Waals surface area contributed by atoms with Crippen LogP contribution in [0.5, 0.6) is 0 Å². The summed E-state index contributed by atoms with van der Waals surface area (Å²) in [5.74, 6) is 0.486. The molecule has 3 aromatic rings. The minimum atomic E-state index is -0.0687. The van der Waals surface area contributed by atoms with Gasteiger partial charge in [-0.2, -0.15) is 5.10 Å². The molecule has 3 rings (SSSR count). The first-order valence-electron chi connectivity index (χ1n) is 6.29. The number of fused-ring (bicyclic) bond motifs is 1. The second-order valence-electron chi connectivity index (χ2n) is 5.03. The average Bonchev–Trinajstić information content (AvgIpc) is 2.94. The third-order valence-corrected chi connectivity index (χ3v) is 3.81. The molecular weight excluding hydrogens is 258 g/mol. The highest BCUT2D eigenvalue weighted by molar-refractivity contribution is 7.13. The van der Waals surface area contributed by atoms with Crippen LogP contribution < -0.4 is 5.56 Å². The fourth-order valence-electron chi connectivity index (χ4n) is 2.17. The summed E-state index contributed by atoms with van der Waals surface area (Å²) in [4.78, 5) is 15.6. The molecule has 0 bridgehead atoms. The summed E-state index contributed by atoms with van der Waals surface area (Å²) in [5.41, 5.74) is 2.55. The Kier molecular flexibility index (Phi) is 2.98. The summed E-state index contributed by atoms with van der Waals surface area (Å²) >= 11 is 1.65. The molecule has 0 unspecified atom stereocenters. The standard InChI is InChI=1S/C14H15N3OS/c1-9(2)6-10-7-14(18)15-13-8-11(16-17(10)13)12-4-3-5-19-12/h3-5,7-9H,6H2,1-2H3,(H,15,18). The average molecular weight is 273 g/mol. The molecule has 0 saturated heterocycles. The lowest BCUT2D eigenvalue weighted by Gasteiger charge is -2.06. The fraction of sp³-hybridized carbons (Fsp3) is 0.286. The van der Waals surface area contributed by atoms with Crippen LogP contribution in [0, 0.1) is 5.92 Å². The number of hydrogen-bond acceptors (Lipinski definition) is 3. The first kappa shape index (κ1) is 12.2. The molecule has 0 spiro atoms. The summed E-state index contributed by atoms with van der Waals surface area (Å²) in [7, 11) is 0. The van der Waals surface area contributed by atoms with Crippen molar-refractivity contribution in [3.05, 3.63) is 45.7 Å². The smallest absolute Gasteiger partial charge is 0.251 e. The van der Waals surface area contributed by atoms with Crippen molar-refractivity contribution in [3.8, 4) is 10.6 Å². The molecule has 98 valence electrons. The Hall–Kier alpha value is -1.88. The normalized spacial score (nSPS) is 11.5. The van der Waals surface area contributed by atoms with Gasteiger partial charge in [-0.1, -0.05) is 19.9 Å². The lowest BCUT2D eigenvalue weighted by Crippen LogP contribution is -2.13. The zero-order valence-electron chi connectivity index (χ0n) is 10.9. The molecule has 0 aliphatic carbocycles. The van der Waals surface area contributed by atoms with Crippen LogP contribution in [0.3, 0.4) is 0 Å². The largest absolute Gasteiger partial charge is 0.307 e. The predicted octanol–water partition coefficient (Wildman–Crippen LogP) is 2.95. The van der Waals surface area contributed by atoms with Crippen LogP contribution in [-0.4, -0.2) is 14.6 Å². The van der Waals surface area contributed by atoms with E-state index in [0.717, 1.165) is 28.3 Å². The van der Waals surface area contributed by atoms with E-state index in [9.17, 15) is 4.79 Å². The van der Waals surface area contributed by atoms with E-state index < -0.39 is 0 Å². The van der Waals surface area contributed by atoms with E-state index >= 15 is 0 Å². The zero-order valence-corrected chi connectivity index (χ0v) is 11.7. The third-order valence-electron chi connectivity index (χ3n) is 2.92. The molecule has 3 aromatic heterocycles. The van der Waals surface area contributed by atoms with Crippen LogP contribution in [0.25, 0.3) is 16.2 Å². The molecule has 3 heterocycles. The van der Waals surface area contributed by atoms with E-state index in [2.05, 4.69) is 23.9 Å². The lowest BCUT2D eigenvalue weighted by atomic mass is 10.1. The molecule has 1 N–H and O–H groups in total. The number of nitrogens with one attached hydrogen (secondary N) is 1. The highest BCUT2D eigenvalue weighted by Gasteiger charge is 2.10. The van der Waals surface area contributed by atoms with Gasteiger partial charge in [-0.15, -0.1) is 11.3 Å². The molecule has 0 aliphatic rings. The quantitative estimate of drug-likeness (QED) is 0.797. The van der Waals surface area contributed by atoms with Gasteiger partial charge in [-0.05, 0) is 23.8 Å². The minimum Gasteiger partial charge on any atom is -0.307 e. The summed E-state index contributed by atoms with van der Waals surface area (Å²) in [6.07, 6.45) is 0.839. The van der Waals surface area contributed by atoms with Gasteiger partial charge < -0.3 is 4.98 Å². The van der Waals surface area contributed by atoms with E-state index in [1.54, 1.807) is 17.4 Å². The lowest BCUT2D eigenvalue weighted by molar-refractivity contribution is 0.618. The molecule has 0 aromatic carbocycles. The summed E-state index contributed by atoms with van der Waals surface area (Å²) in [6.45, 7) is 4.27. The number of aromatic nitrogens is 3. The first-order valence-corrected chi connectivity index (χ1v) is 7.17. The summed E-state index contributed by atoms with van der Waals surface area (Å²) in [5, 5.41) is 6.63. The van der Waals surface area contributed by atoms with Crippen molar-refractivity contribution in [2.45, 2.75) is 20.3 Å². The molecular formula is C14H15N3OS. The van der Waals surface area contributed by atoms with Crippen LogP contribution in [0.2, 0.25) is 0 Å². The van der Waals surface area contributed by atoms with Gasteiger partial charge in [0.15, 0.2) is 0 Å². The number of aromatic amines is 1. The number of hydrogen-bond donors (Lipinski definition) is 1. The van der Waals surface area contributed by atoms with E-state index in [4.69, 9.17) is 0 Å². The Morgan fingerprint density at radius 2 is 2.26 bits per heavy atom. The maximum absolute atomic E-state index is 11.7. The molecule has 19 heavy (non-hydrogen) atoms. The third kappa shape index (κ3) is 2.33. The minimum absolute atomic E-state index is 0.0687. The van der Waals surface area contributed by atoms with Crippen molar-refractivity contribution in [1.29, 1.82) is 0 Å². The van der Waals surface area contributed by atoms with Gasteiger partial charge in [0.2, 0.25) is 0 Å². The van der Waals surface area contributed by atoms with Gasteiger partial charge in [-0.3, -0.25) is 4.79 Å². The number of thiophene rings is 1. The van der Waals surface area contributed by atoms with Gasteiger partial charge in [0.1, 0.15) is 11.3 Å². The molecule has 0 saturated carbocycles. The Labute approximate surface area is 114 Å². The molecule has 5 heteroatoms. The highest BCUT2D eigenvalue weighted by Crippen LogP contribution is 2.24.